The van der Waals surface area contributed by atoms with Gasteiger partial charge in [0.05, 0.1) is 24.9 Å². The number of aliphatic hydroxyl groups excluding tert-OH is 1. The first-order chi connectivity index (χ1) is 21.7. The SMILES string of the molecule is CC(=O)OC[C@H]1O[C@H](n2cc(Cn3c(=O)c(C)cn([C@H]4C[C@@H](O)C(CN)O4)c3=O)nn2)C(OC(C)=O)C(OC(C)=O)C1OC(C)=O. The summed E-state index contributed by atoms with van der Waals surface area (Å²) in [6.45, 7) is 5.17. The van der Waals surface area contributed by atoms with Gasteiger partial charge in [0.2, 0.25) is 0 Å². The second kappa shape index (κ2) is 14.3. The maximum Gasteiger partial charge on any atom is 0.333 e. The molecule has 2 saturated heterocycles. The van der Waals surface area contributed by atoms with E-state index >= 15 is 0 Å². The van der Waals surface area contributed by atoms with E-state index in [-0.39, 0.29) is 30.8 Å². The van der Waals surface area contributed by atoms with Gasteiger partial charge in [0.15, 0.2) is 24.5 Å². The number of hydrogen-bond donors (Lipinski definition) is 2. The standard InChI is InChI=1S/C27H36N6O13/c1-12-8-31(21-6-18(38)19(7-28)45-21)27(40)32(25(12)39)9-17-10-33(30-29-17)26-24(44-16(5)37)23(43-15(4)36)22(42-14(3)35)20(46-26)11-41-13(2)34/h8,10,18-24,26,38H,6-7,9,11,28H2,1-5H3/t18-,19?,20-,21-,22?,23?,24?,26+/m1/s1. The van der Waals surface area contributed by atoms with E-state index < -0.39 is 90.8 Å². The molecule has 46 heavy (non-hydrogen) atoms. The summed E-state index contributed by atoms with van der Waals surface area (Å²) in [7, 11) is 0. The second-order valence-electron chi connectivity index (χ2n) is 10.8. The van der Waals surface area contributed by atoms with E-state index in [0.717, 1.165) is 36.9 Å². The Morgan fingerprint density at radius 1 is 0.935 bits per heavy atom. The first-order valence-corrected chi connectivity index (χ1v) is 14.3. The normalized spacial score (nSPS) is 27.5. The smallest absolute Gasteiger partial charge is 0.333 e. The van der Waals surface area contributed by atoms with Crippen molar-refractivity contribution in [2.75, 3.05) is 13.2 Å². The molecule has 4 heterocycles. The molecule has 2 aromatic heterocycles. The molecule has 0 aliphatic carbocycles. The lowest BCUT2D eigenvalue weighted by Gasteiger charge is -2.44. The van der Waals surface area contributed by atoms with E-state index in [1.54, 1.807) is 0 Å². The van der Waals surface area contributed by atoms with Crippen molar-refractivity contribution >= 4 is 23.9 Å². The zero-order valence-corrected chi connectivity index (χ0v) is 25.8. The number of rotatable bonds is 10. The van der Waals surface area contributed by atoms with Gasteiger partial charge in [-0.15, -0.1) is 5.10 Å². The number of nitrogens with zero attached hydrogens (tertiary/aromatic N) is 5. The summed E-state index contributed by atoms with van der Waals surface area (Å²) in [5, 5.41) is 18.3. The van der Waals surface area contributed by atoms with Crippen molar-refractivity contribution in [3.63, 3.8) is 0 Å². The summed E-state index contributed by atoms with van der Waals surface area (Å²) in [6, 6.07) is 0. The van der Waals surface area contributed by atoms with Crippen LogP contribution in [0.2, 0.25) is 0 Å². The average molecular weight is 653 g/mol. The fourth-order valence-electron chi connectivity index (χ4n) is 5.29. The molecule has 0 radical (unpaired) electrons. The number of carbonyl (C=O) groups is 4. The van der Waals surface area contributed by atoms with E-state index in [4.69, 9.17) is 34.2 Å². The van der Waals surface area contributed by atoms with Gasteiger partial charge in [-0.1, -0.05) is 5.21 Å². The highest BCUT2D eigenvalue weighted by atomic mass is 16.7. The molecule has 2 aliphatic heterocycles. The van der Waals surface area contributed by atoms with Crippen molar-refractivity contribution in [2.24, 2.45) is 5.73 Å². The predicted molar refractivity (Wildman–Crippen MR) is 150 cm³/mol. The van der Waals surface area contributed by atoms with Crippen LogP contribution >= 0.6 is 0 Å². The topological polar surface area (TPSA) is 245 Å². The number of esters is 4. The van der Waals surface area contributed by atoms with Gasteiger partial charge < -0.3 is 39.3 Å². The van der Waals surface area contributed by atoms with Crippen molar-refractivity contribution in [1.29, 1.82) is 0 Å². The van der Waals surface area contributed by atoms with Crippen LogP contribution in [0.1, 0.15) is 57.8 Å². The monoisotopic (exact) mass is 652 g/mol. The zero-order valence-electron chi connectivity index (χ0n) is 25.8. The van der Waals surface area contributed by atoms with E-state index in [9.17, 15) is 33.9 Å². The summed E-state index contributed by atoms with van der Waals surface area (Å²) in [4.78, 5) is 74.3. The summed E-state index contributed by atoms with van der Waals surface area (Å²) in [6.07, 6.45) is -6.59. The highest BCUT2D eigenvalue weighted by Crippen LogP contribution is 2.34. The molecule has 4 rings (SSSR count). The molecule has 2 fully saturated rings. The molecule has 2 aliphatic rings. The molecule has 0 amide bonds. The van der Waals surface area contributed by atoms with Gasteiger partial charge >= 0.3 is 29.6 Å². The van der Waals surface area contributed by atoms with Crippen molar-refractivity contribution in [1.82, 2.24) is 24.1 Å². The van der Waals surface area contributed by atoms with E-state index in [1.165, 1.54) is 23.9 Å². The molecule has 8 atom stereocenters. The van der Waals surface area contributed by atoms with Gasteiger partial charge in [-0.25, -0.2) is 9.48 Å². The highest BCUT2D eigenvalue weighted by molar-refractivity contribution is 5.68. The Labute approximate surface area is 261 Å². The van der Waals surface area contributed by atoms with Crippen LogP contribution < -0.4 is 17.0 Å². The lowest BCUT2D eigenvalue weighted by atomic mass is 9.97. The van der Waals surface area contributed by atoms with E-state index in [2.05, 4.69) is 10.3 Å². The minimum atomic E-state index is -1.45. The number of aryl methyl sites for hydroxylation is 1. The highest BCUT2D eigenvalue weighted by Gasteiger charge is 2.53. The quantitative estimate of drug-likeness (QED) is 0.205. The Morgan fingerprint density at radius 3 is 2.15 bits per heavy atom. The van der Waals surface area contributed by atoms with Gasteiger partial charge in [0.25, 0.3) is 5.56 Å². The van der Waals surface area contributed by atoms with Crippen molar-refractivity contribution < 1.29 is 52.7 Å². The Morgan fingerprint density at radius 2 is 1.57 bits per heavy atom. The van der Waals surface area contributed by atoms with Crippen LogP contribution in [-0.2, 0) is 54.1 Å². The fourth-order valence-corrected chi connectivity index (χ4v) is 5.29. The molecule has 0 spiro atoms. The van der Waals surface area contributed by atoms with Gasteiger partial charge in [-0.05, 0) is 6.92 Å². The Hall–Kier alpha value is -4.46. The number of carbonyl (C=O) groups excluding carboxylic acids is 4. The van der Waals surface area contributed by atoms with Crippen LogP contribution in [0.3, 0.4) is 0 Å². The lowest BCUT2D eigenvalue weighted by Crippen LogP contribution is -2.60. The molecule has 252 valence electrons. The maximum atomic E-state index is 13.4. The minimum absolute atomic E-state index is 0.0351. The summed E-state index contributed by atoms with van der Waals surface area (Å²) < 4.78 is 36.3. The number of aromatic nitrogens is 5. The summed E-state index contributed by atoms with van der Waals surface area (Å²) in [5.41, 5.74) is 4.58. The maximum absolute atomic E-state index is 13.4. The van der Waals surface area contributed by atoms with Gasteiger partial charge in [-0.3, -0.25) is 33.1 Å². The van der Waals surface area contributed by atoms with Crippen LogP contribution in [0, 0.1) is 6.92 Å². The van der Waals surface area contributed by atoms with E-state index in [1.807, 2.05) is 0 Å². The van der Waals surface area contributed by atoms with Crippen molar-refractivity contribution in [3.8, 4) is 0 Å². The Bertz CT molecular complexity index is 1580. The molecule has 0 bridgehead atoms. The molecule has 0 aromatic carbocycles. The van der Waals surface area contributed by atoms with Crippen LogP contribution in [-0.4, -0.2) is 103 Å². The third-order valence-corrected chi connectivity index (χ3v) is 7.22. The molecule has 3 N–H and O–H groups in total. The van der Waals surface area contributed by atoms with Crippen LogP contribution in [0.15, 0.2) is 22.0 Å². The molecule has 2 aromatic rings. The lowest BCUT2D eigenvalue weighted by molar-refractivity contribution is -0.270. The number of ether oxygens (including phenoxy) is 6. The first-order valence-electron chi connectivity index (χ1n) is 14.3. The third-order valence-electron chi connectivity index (χ3n) is 7.22. The molecule has 4 unspecified atom stereocenters. The van der Waals surface area contributed by atoms with Gasteiger partial charge in [-0.2, -0.15) is 0 Å². The second-order valence-corrected chi connectivity index (χ2v) is 10.8. The predicted octanol–water partition coefficient (Wildman–Crippen LogP) is -2.18. The Kier molecular flexibility index (Phi) is 10.7. The third kappa shape index (κ3) is 7.66. The van der Waals surface area contributed by atoms with Crippen molar-refractivity contribution in [3.05, 3.63) is 44.5 Å². The van der Waals surface area contributed by atoms with Crippen molar-refractivity contribution in [2.45, 2.75) is 96.7 Å². The molecule has 19 nitrogen and oxygen atoms in total. The van der Waals surface area contributed by atoms with E-state index in [0.29, 0.717) is 0 Å². The molecular weight excluding hydrogens is 616 g/mol. The molecular formula is C27H36N6O13. The average Bonchev–Trinajstić information content (AvgIpc) is 3.59. The first kappa shape index (κ1) is 34.4. The van der Waals surface area contributed by atoms with Crippen LogP contribution in [0.5, 0.6) is 0 Å². The largest absolute Gasteiger partial charge is 0.463 e. The fraction of sp³-hybridized carbons (Fsp3) is 0.630. The van der Waals surface area contributed by atoms with Gasteiger partial charge in [0.1, 0.15) is 24.6 Å². The molecule has 19 heteroatoms. The number of hydrogen-bond acceptors (Lipinski definition) is 16. The number of aliphatic hydroxyl groups is 1. The Balaban J connectivity index is 1.70. The van der Waals surface area contributed by atoms with Gasteiger partial charge in [0, 0.05) is 52.4 Å². The molecule has 0 saturated carbocycles. The minimum Gasteiger partial charge on any atom is -0.463 e. The zero-order chi connectivity index (χ0) is 33.9. The summed E-state index contributed by atoms with van der Waals surface area (Å²) in [5.74, 6) is -3.08. The summed E-state index contributed by atoms with van der Waals surface area (Å²) >= 11 is 0. The van der Waals surface area contributed by atoms with Crippen LogP contribution in [0.25, 0.3) is 0 Å². The van der Waals surface area contributed by atoms with Crippen LogP contribution in [0.4, 0.5) is 0 Å². The number of nitrogens with two attached hydrogens (primary N) is 1.